The van der Waals surface area contributed by atoms with E-state index >= 15 is 0 Å². The number of hydrogen-bond acceptors (Lipinski definition) is 1. The molecule has 10 heavy (non-hydrogen) atoms. The lowest BCUT2D eigenvalue weighted by atomic mass is 9.71. The third-order valence-corrected chi connectivity index (χ3v) is 2.76. The Labute approximate surface area is 65.0 Å². The molecule has 0 saturated carbocycles. The van der Waals surface area contributed by atoms with Gasteiger partial charge < -0.3 is 5.73 Å². The number of rotatable bonds is 2. The van der Waals surface area contributed by atoms with E-state index in [0.29, 0.717) is 0 Å². The zero-order valence-electron chi connectivity index (χ0n) is 7.99. The van der Waals surface area contributed by atoms with Crippen LogP contribution in [0.15, 0.2) is 0 Å². The Hall–Kier alpha value is -0.0400. The van der Waals surface area contributed by atoms with E-state index in [2.05, 4.69) is 34.6 Å². The summed E-state index contributed by atoms with van der Waals surface area (Å²) in [4.78, 5) is 0. The van der Waals surface area contributed by atoms with Crippen LogP contribution in [-0.2, 0) is 0 Å². The van der Waals surface area contributed by atoms with Gasteiger partial charge in [0.1, 0.15) is 0 Å². The summed E-state index contributed by atoms with van der Waals surface area (Å²) in [5.41, 5.74) is 6.43. The smallest absolute Gasteiger partial charge is 0.0198 e. The van der Waals surface area contributed by atoms with Crippen molar-refractivity contribution in [2.24, 2.45) is 11.1 Å². The molecule has 0 aromatic rings. The van der Waals surface area contributed by atoms with E-state index in [-0.39, 0.29) is 11.0 Å². The quantitative estimate of drug-likeness (QED) is 0.631. The molecule has 0 radical (unpaired) electrons. The Morgan fingerprint density at radius 3 is 1.30 bits per heavy atom. The van der Waals surface area contributed by atoms with Crippen LogP contribution in [0, 0.1) is 5.41 Å². The molecule has 0 aliphatic heterocycles. The summed E-state index contributed by atoms with van der Waals surface area (Å²) in [6.07, 6.45) is 2.12. The van der Waals surface area contributed by atoms with E-state index < -0.39 is 0 Å². The molecule has 0 aromatic heterocycles. The molecule has 0 unspecified atom stereocenters. The van der Waals surface area contributed by atoms with Crippen molar-refractivity contribution in [3.05, 3.63) is 0 Å². The van der Waals surface area contributed by atoms with Crippen LogP contribution in [0.1, 0.15) is 47.5 Å². The van der Waals surface area contributed by atoms with E-state index in [1.165, 1.54) is 0 Å². The molecule has 0 aliphatic carbocycles. The van der Waals surface area contributed by atoms with Gasteiger partial charge in [-0.25, -0.2) is 0 Å². The molecule has 2 N–H and O–H groups in total. The minimum Gasteiger partial charge on any atom is -0.325 e. The maximum absolute atomic E-state index is 6.17. The van der Waals surface area contributed by atoms with Gasteiger partial charge in [0.2, 0.25) is 0 Å². The van der Waals surface area contributed by atoms with E-state index in [4.69, 9.17) is 5.73 Å². The van der Waals surface area contributed by atoms with Crippen molar-refractivity contribution in [2.45, 2.75) is 53.0 Å². The molecular formula is C9H21N. The summed E-state index contributed by atoms with van der Waals surface area (Å²) >= 11 is 0. The van der Waals surface area contributed by atoms with Crippen molar-refractivity contribution in [2.75, 3.05) is 0 Å². The predicted molar refractivity (Wildman–Crippen MR) is 47.0 cm³/mol. The molecule has 0 fully saturated rings. The minimum atomic E-state index is 0.0208. The minimum absolute atomic E-state index is 0.0208. The van der Waals surface area contributed by atoms with E-state index in [0.717, 1.165) is 12.8 Å². The molecule has 1 nitrogen and oxygen atoms in total. The number of nitrogens with two attached hydrogens (primary N) is 1. The molecule has 0 atom stereocenters. The molecule has 62 valence electrons. The van der Waals surface area contributed by atoms with Gasteiger partial charge in [-0.15, -0.1) is 0 Å². The van der Waals surface area contributed by atoms with Crippen molar-refractivity contribution in [3.8, 4) is 0 Å². The first kappa shape index (κ1) is 9.96. The SMILES string of the molecule is CCC(N)(CC)C(C)(C)C. The third-order valence-electron chi connectivity index (χ3n) is 2.76. The van der Waals surface area contributed by atoms with Crippen molar-refractivity contribution in [1.82, 2.24) is 0 Å². The second-order valence-electron chi connectivity index (χ2n) is 4.11. The van der Waals surface area contributed by atoms with Crippen LogP contribution in [0.4, 0.5) is 0 Å². The zero-order valence-corrected chi connectivity index (χ0v) is 7.99. The fraction of sp³-hybridized carbons (Fsp3) is 1.00. The van der Waals surface area contributed by atoms with E-state index in [9.17, 15) is 0 Å². The largest absolute Gasteiger partial charge is 0.325 e. The Morgan fingerprint density at radius 2 is 1.30 bits per heavy atom. The second-order valence-corrected chi connectivity index (χ2v) is 4.11. The zero-order chi connectivity index (χ0) is 8.41. The molecule has 0 aliphatic rings. The average Bonchev–Trinajstić information content (AvgIpc) is 1.84. The molecule has 0 saturated heterocycles. The lowest BCUT2D eigenvalue weighted by Crippen LogP contribution is -2.50. The first-order valence-corrected chi connectivity index (χ1v) is 4.16. The van der Waals surface area contributed by atoms with Crippen LogP contribution in [0.3, 0.4) is 0 Å². The molecular weight excluding hydrogens is 122 g/mol. The van der Waals surface area contributed by atoms with Crippen molar-refractivity contribution < 1.29 is 0 Å². The van der Waals surface area contributed by atoms with Gasteiger partial charge in [0.15, 0.2) is 0 Å². The summed E-state index contributed by atoms with van der Waals surface area (Å²) in [5, 5.41) is 0. The van der Waals surface area contributed by atoms with Gasteiger partial charge in [0.25, 0.3) is 0 Å². The highest BCUT2D eigenvalue weighted by Gasteiger charge is 2.34. The maximum atomic E-state index is 6.17. The molecule has 0 bridgehead atoms. The molecule has 0 rings (SSSR count). The van der Waals surface area contributed by atoms with Gasteiger partial charge in [-0.05, 0) is 18.3 Å². The molecule has 0 spiro atoms. The summed E-state index contributed by atoms with van der Waals surface area (Å²) in [6.45, 7) is 10.9. The standard InChI is InChI=1S/C9H21N/c1-6-9(10,7-2)8(3,4)5/h6-7,10H2,1-5H3. The third kappa shape index (κ3) is 1.72. The topological polar surface area (TPSA) is 26.0 Å². The van der Waals surface area contributed by atoms with E-state index in [1.54, 1.807) is 0 Å². The van der Waals surface area contributed by atoms with Gasteiger partial charge in [0.05, 0.1) is 0 Å². The van der Waals surface area contributed by atoms with Gasteiger partial charge >= 0.3 is 0 Å². The molecule has 1 heteroatoms. The lowest BCUT2D eigenvalue weighted by molar-refractivity contribution is 0.174. The fourth-order valence-corrected chi connectivity index (χ4v) is 1.31. The van der Waals surface area contributed by atoms with Gasteiger partial charge in [-0.1, -0.05) is 34.6 Å². The maximum Gasteiger partial charge on any atom is 0.0198 e. The van der Waals surface area contributed by atoms with E-state index in [1.807, 2.05) is 0 Å². The van der Waals surface area contributed by atoms with Crippen molar-refractivity contribution in [1.29, 1.82) is 0 Å². The fourth-order valence-electron chi connectivity index (χ4n) is 1.31. The Balaban J connectivity index is 4.33. The Kier molecular flexibility index (Phi) is 2.90. The molecule has 0 amide bonds. The first-order valence-electron chi connectivity index (χ1n) is 4.16. The predicted octanol–water partition coefficient (Wildman–Crippen LogP) is 2.55. The monoisotopic (exact) mass is 143 g/mol. The van der Waals surface area contributed by atoms with Gasteiger partial charge in [-0.2, -0.15) is 0 Å². The van der Waals surface area contributed by atoms with Crippen LogP contribution in [0.5, 0.6) is 0 Å². The van der Waals surface area contributed by atoms with Gasteiger partial charge in [-0.3, -0.25) is 0 Å². The first-order chi connectivity index (χ1) is 4.37. The van der Waals surface area contributed by atoms with Crippen LogP contribution < -0.4 is 5.73 Å². The highest BCUT2D eigenvalue weighted by molar-refractivity contribution is 4.92. The Morgan fingerprint density at radius 1 is 1.00 bits per heavy atom. The summed E-state index contributed by atoms with van der Waals surface area (Å²) in [5.74, 6) is 0. The van der Waals surface area contributed by atoms with Crippen LogP contribution >= 0.6 is 0 Å². The van der Waals surface area contributed by atoms with Crippen LogP contribution in [0.2, 0.25) is 0 Å². The molecule has 0 heterocycles. The molecule has 0 aromatic carbocycles. The highest BCUT2D eigenvalue weighted by atomic mass is 14.8. The summed E-state index contributed by atoms with van der Waals surface area (Å²) in [7, 11) is 0. The second kappa shape index (κ2) is 2.91. The lowest BCUT2D eigenvalue weighted by Gasteiger charge is -2.40. The van der Waals surface area contributed by atoms with Crippen LogP contribution in [0.25, 0.3) is 0 Å². The van der Waals surface area contributed by atoms with Gasteiger partial charge in [0, 0.05) is 5.54 Å². The summed E-state index contributed by atoms with van der Waals surface area (Å²) < 4.78 is 0. The average molecular weight is 143 g/mol. The van der Waals surface area contributed by atoms with Crippen molar-refractivity contribution in [3.63, 3.8) is 0 Å². The normalized spacial score (nSPS) is 13.8. The number of hydrogen-bond donors (Lipinski definition) is 1. The van der Waals surface area contributed by atoms with Crippen LogP contribution in [-0.4, -0.2) is 5.54 Å². The van der Waals surface area contributed by atoms with Crippen molar-refractivity contribution >= 4 is 0 Å². The Bertz CT molecular complexity index is 95.8. The highest BCUT2D eigenvalue weighted by Crippen LogP contribution is 2.33. The summed E-state index contributed by atoms with van der Waals surface area (Å²) in [6, 6.07) is 0.